The Balaban J connectivity index is 2.85. The van der Waals surface area contributed by atoms with E-state index in [1.54, 1.807) is 0 Å². The van der Waals surface area contributed by atoms with Gasteiger partial charge in [-0.2, -0.15) is 0 Å². The number of allylic oxidation sites excluding steroid dienone is 3. The van der Waals surface area contributed by atoms with Gasteiger partial charge in [-0.05, 0) is 49.5 Å². The zero-order valence-electron chi connectivity index (χ0n) is 14.4. The van der Waals surface area contributed by atoms with Crippen molar-refractivity contribution in [2.45, 2.75) is 74.3 Å². The van der Waals surface area contributed by atoms with Gasteiger partial charge in [0.05, 0.1) is 0 Å². The van der Waals surface area contributed by atoms with Crippen LogP contribution < -0.4 is 5.32 Å². The van der Waals surface area contributed by atoms with Crippen LogP contribution in [0.2, 0.25) is 0 Å². The monoisotopic (exact) mass is 263 g/mol. The summed E-state index contributed by atoms with van der Waals surface area (Å²) in [7, 11) is 0. The van der Waals surface area contributed by atoms with E-state index >= 15 is 0 Å². The lowest BCUT2D eigenvalue weighted by Crippen LogP contribution is -2.49. The van der Waals surface area contributed by atoms with Crippen molar-refractivity contribution in [3.05, 3.63) is 23.4 Å². The third kappa shape index (κ3) is 3.87. The molecular weight excluding hydrogens is 230 g/mol. The summed E-state index contributed by atoms with van der Waals surface area (Å²) >= 11 is 0. The van der Waals surface area contributed by atoms with Crippen molar-refractivity contribution in [2.24, 2.45) is 16.7 Å². The lowest BCUT2D eigenvalue weighted by Gasteiger charge is -2.42. The Labute approximate surface area is 120 Å². The molecule has 0 heterocycles. The van der Waals surface area contributed by atoms with Crippen molar-refractivity contribution in [2.75, 3.05) is 0 Å². The molecular formula is C18H33N. The van der Waals surface area contributed by atoms with Gasteiger partial charge in [0.2, 0.25) is 0 Å². The number of hydrogen-bond donors (Lipinski definition) is 1. The van der Waals surface area contributed by atoms with Gasteiger partial charge in [-0.3, -0.25) is 0 Å². The molecule has 0 radical (unpaired) electrons. The minimum absolute atomic E-state index is 0.0858. The van der Waals surface area contributed by atoms with Crippen LogP contribution in [0.1, 0.15) is 68.7 Å². The number of rotatable bonds is 2. The van der Waals surface area contributed by atoms with Gasteiger partial charge in [-0.15, -0.1) is 0 Å². The predicted octanol–water partition coefficient (Wildman–Crippen LogP) is 5.30. The third-order valence-electron chi connectivity index (χ3n) is 4.89. The standard InChI is InChI=1S/C18H33N/c1-13-12-14(16(2,3)4)10-11-15(13)19-18(8,9)17(5,6)7/h11-12,14,19H,10H2,1-9H3. The second-order valence-corrected chi connectivity index (χ2v) is 8.68. The highest BCUT2D eigenvalue weighted by Crippen LogP contribution is 2.37. The summed E-state index contributed by atoms with van der Waals surface area (Å²) in [5.74, 6) is 0.649. The Morgan fingerprint density at radius 2 is 1.53 bits per heavy atom. The molecule has 0 bridgehead atoms. The van der Waals surface area contributed by atoms with Gasteiger partial charge in [0, 0.05) is 11.2 Å². The smallest absolute Gasteiger partial charge is 0.0365 e. The third-order valence-corrected chi connectivity index (χ3v) is 4.89. The van der Waals surface area contributed by atoms with Crippen LogP contribution in [-0.2, 0) is 0 Å². The predicted molar refractivity (Wildman–Crippen MR) is 86.1 cm³/mol. The summed E-state index contributed by atoms with van der Waals surface area (Å²) in [4.78, 5) is 0. The fourth-order valence-corrected chi connectivity index (χ4v) is 2.14. The zero-order valence-corrected chi connectivity index (χ0v) is 14.4. The molecule has 0 aromatic heterocycles. The molecule has 0 aromatic rings. The van der Waals surface area contributed by atoms with Gasteiger partial charge in [0.1, 0.15) is 0 Å². The molecule has 110 valence electrons. The van der Waals surface area contributed by atoms with E-state index in [2.05, 4.69) is 79.8 Å². The molecule has 1 atom stereocenters. The highest BCUT2D eigenvalue weighted by molar-refractivity contribution is 5.33. The molecule has 1 heteroatoms. The van der Waals surface area contributed by atoms with Gasteiger partial charge < -0.3 is 5.32 Å². The maximum Gasteiger partial charge on any atom is 0.0365 e. The fourth-order valence-electron chi connectivity index (χ4n) is 2.14. The summed E-state index contributed by atoms with van der Waals surface area (Å²) in [6.45, 7) is 20.7. The van der Waals surface area contributed by atoms with Gasteiger partial charge in [-0.1, -0.05) is 53.7 Å². The first-order chi connectivity index (χ1) is 8.34. The van der Waals surface area contributed by atoms with Crippen LogP contribution in [0.3, 0.4) is 0 Å². The van der Waals surface area contributed by atoms with E-state index in [-0.39, 0.29) is 11.0 Å². The Morgan fingerprint density at radius 1 is 1.00 bits per heavy atom. The molecule has 19 heavy (non-hydrogen) atoms. The van der Waals surface area contributed by atoms with Crippen molar-refractivity contribution in [1.29, 1.82) is 0 Å². The summed E-state index contributed by atoms with van der Waals surface area (Å²) in [6.07, 6.45) is 5.98. The summed E-state index contributed by atoms with van der Waals surface area (Å²) in [6, 6.07) is 0. The Hall–Kier alpha value is -0.720. The fraction of sp³-hybridized carbons (Fsp3) is 0.778. The normalized spacial score (nSPS) is 21.8. The lowest BCUT2D eigenvalue weighted by atomic mass is 9.74. The first kappa shape index (κ1) is 16.3. The van der Waals surface area contributed by atoms with Crippen LogP contribution in [0.4, 0.5) is 0 Å². The van der Waals surface area contributed by atoms with Crippen LogP contribution >= 0.6 is 0 Å². The second-order valence-electron chi connectivity index (χ2n) is 8.68. The maximum atomic E-state index is 3.75. The molecule has 1 rings (SSSR count). The van der Waals surface area contributed by atoms with E-state index in [9.17, 15) is 0 Å². The molecule has 1 aliphatic carbocycles. The molecule has 0 amide bonds. The van der Waals surface area contributed by atoms with Gasteiger partial charge in [0.25, 0.3) is 0 Å². The summed E-state index contributed by atoms with van der Waals surface area (Å²) < 4.78 is 0. The summed E-state index contributed by atoms with van der Waals surface area (Å²) in [5.41, 5.74) is 3.38. The van der Waals surface area contributed by atoms with Crippen molar-refractivity contribution < 1.29 is 0 Å². The second kappa shape index (κ2) is 5.00. The van der Waals surface area contributed by atoms with Gasteiger partial charge >= 0.3 is 0 Å². The van der Waals surface area contributed by atoms with Crippen LogP contribution in [0.15, 0.2) is 23.4 Å². The number of nitrogens with one attached hydrogen (secondary N) is 1. The molecule has 0 fully saturated rings. The molecule has 1 N–H and O–H groups in total. The van der Waals surface area contributed by atoms with E-state index in [4.69, 9.17) is 0 Å². The van der Waals surface area contributed by atoms with Crippen molar-refractivity contribution in [3.63, 3.8) is 0 Å². The first-order valence-corrected chi connectivity index (χ1v) is 7.52. The van der Waals surface area contributed by atoms with E-state index < -0.39 is 0 Å². The SMILES string of the molecule is CC1=CC(C(C)(C)C)CC=C1NC(C)(C)C(C)(C)C. The average Bonchev–Trinajstić information content (AvgIpc) is 2.17. The van der Waals surface area contributed by atoms with Crippen molar-refractivity contribution >= 4 is 0 Å². The minimum atomic E-state index is 0.0858. The quantitative estimate of drug-likeness (QED) is 0.713. The highest BCUT2D eigenvalue weighted by Gasteiger charge is 2.34. The molecule has 0 spiro atoms. The molecule has 1 unspecified atom stereocenters. The summed E-state index contributed by atoms with van der Waals surface area (Å²) in [5, 5.41) is 3.75. The van der Waals surface area contributed by atoms with Crippen molar-refractivity contribution in [3.8, 4) is 0 Å². The molecule has 1 aliphatic rings. The van der Waals surface area contributed by atoms with Crippen molar-refractivity contribution in [1.82, 2.24) is 5.32 Å². The molecule has 0 aromatic carbocycles. The number of hydrogen-bond acceptors (Lipinski definition) is 1. The molecule has 0 saturated heterocycles. The molecule has 0 aliphatic heterocycles. The zero-order chi connectivity index (χ0) is 15.1. The van der Waals surface area contributed by atoms with Gasteiger partial charge in [0.15, 0.2) is 0 Å². The molecule has 0 saturated carbocycles. The van der Waals surface area contributed by atoms with E-state index in [1.807, 2.05) is 0 Å². The van der Waals surface area contributed by atoms with Gasteiger partial charge in [-0.25, -0.2) is 0 Å². The van der Waals surface area contributed by atoms with Crippen LogP contribution in [0.25, 0.3) is 0 Å². The van der Waals surface area contributed by atoms with E-state index in [0.29, 0.717) is 11.3 Å². The Kier molecular flexibility index (Phi) is 4.29. The Morgan fingerprint density at radius 3 is 1.89 bits per heavy atom. The first-order valence-electron chi connectivity index (χ1n) is 7.52. The average molecular weight is 263 g/mol. The Bertz CT molecular complexity index is 383. The minimum Gasteiger partial charge on any atom is -0.380 e. The van der Waals surface area contributed by atoms with Crippen LogP contribution in [0, 0.1) is 16.7 Å². The lowest BCUT2D eigenvalue weighted by molar-refractivity contribution is 0.191. The highest BCUT2D eigenvalue weighted by atomic mass is 15.0. The van der Waals surface area contributed by atoms with Crippen LogP contribution in [-0.4, -0.2) is 5.54 Å². The van der Waals surface area contributed by atoms with E-state index in [1.165, 1.54) is 11.3 Å². The van der Waals surface area contributed by atoms with E-state index in [0.717, 1.165) is 6.42 Å². The maximum absolute atomic E-state index is 3.75. The van der Waals surface area contributed by atoms with Crippen LogP contribution in [0.5, 0.6) is 0 Å². The molecule has 1 nitrogen and oxygen atoms in total. The topological polar surface area (TPSA) is 12.0 Å². The largest absolute Gasteiger partial charge is 0.380 e.